The SMILES string of the molecule is Cc1nc(OCCCCOS(C)(=O)=O)c([N+](=O)[O-])c(C2CCc3ccccc3NC2)n1. The molecule has 1 aliphatic heterocycles. The van der Waals surface area contributed by atoms with Gasteiger partial charge >= 0.3 is 5.69 Å². The molecule has 1 atom stereocenters. The zero-order chi connectivity index (χ0) is 22.4. The molecule has 0 fully saturated rings. The van der Waals surface area contributed by atoms with Gasteiger partial charge in [-0.15, -0.1) is 0 Å². The van der Waals surface area contributed by atoms with Gasteiger partial charge in [-0.3, -0.25) is 14.3 Å². The van der Waals surface area contributed by atoms with E-state index in [-0.39, 0.29) is 30.7 Å². The van der Waals surface area contributed by atoms with Crippen LogP contribution < -0.4 is 10.1 Å². The van der Waals surface area contributed by atoms with Gasteiger partial charge in [-0.1, -0.05) is 18.2 Å². The summed E-state index contributed by atoms with van der Waals surface area (Å²) in [4.78, 5) is 19.9. The van der Waals surface area contributed by atoms with Crippen LogP contribution in [0.2, 0.25) is 0 Å². The number of fused-ring (bicyclic) bond motifs is 1. The van der Waals surface area contributed by atoms with E-state index in [0.717, 1.165) is 18.4 Å². The first kappa shape index (κ1) is 22.9. The van der Waals surface area contributed by atoms with Gasteiger partial charge in [0, 0.05) is 18.2 Å². The van der Waals surface area contributed by atoms with E-state index in [9.17, 15) is 18.5 Å². The Morgan fingerprint density at radius 3 is 2.71 bits per heavy atom. The van der Waals surface area contributed by atoms with Gasteiger partial charge < -0.3 is 10.1 Å². The summed E-state index contributed by atoms with van der Waals surface area (Å²) in [6.07, 6.45) is 3.38. The van der Waals surface area contributed by atoms with E-state index < -0.39 is 15.0 Å². The molecule has 0 aliphatic carbocycles. The van der Waals surface area contributed by atoms with Crippen LogP contribution >= 0.6 is 0 Å². The summed E-state index contributed by atoms with van der Waals surface area (Å²) in [5, 5.41) is 15.3. The monoisotopic (exact) mass is 450 g/mol. The molecule has 2 heterocycles. The standard InChI is InChI=1S/C20H26N4O6S/c1-14-22-18(16-10-9-15-7-3-4-8-17(15)21-13-16)19(24(25)26)20(23-14)29-11-5-6-12-30-31(2,27)28/h3-4,7-8,16,21H,5-6,9-13H2,1-2H3. The van der Waals surface area contributed by atoms with Gasteiger partial charge in [0.05, 0.1) is 24.4 Å². The summed E-state index contributed by atoms with van der Waals surface area (Å²) in [5.74, 6) is 0.177. The first-order valence-electron chi connectivity index (χ1n) is 10.1. The number of rotatable bonds is 9. The highest BCUT2D eigenvalue weighted by Gasteiger charge is 2.31. The van der Waals surface area contributed by atoms with Crippen LogP contribution in [0, 0.1) is 17.0 Å². The minimum atomic E-state index is -3.48. The third-order valence-electron chi connectivity index (χ3n) is 4.95. The van der Waals surface area contributed by atoms with Crippen molar-refractivity contribution < 1.29 is 22.3 Å². The lowest BCUT2D eigenvalue weighted by Crippen LogP contribution is -2.17. The van der Waals surface area contributed by atoms with Crippen LogP contribution in [0.4, 0.5) is 11.4 Å². The highest BCUT2D eigenvalue weighted by Crippen LogP contribution is 2.37. The van der Waals surface area contributed by atoms with Crippen LogP contribution in [-0.4, -0.2) is 49.3 Å². The summed E-state index contributed by atoms with van der Waals surface area (Å²) in [5.41, 5.74) is 2.36. The van der Waals surface area contributed by atoms with E-state index >= 15 is 0 Å². The van der Waals surface area contributed by atoms with Gasteiger partial charge in [0.15, 0.2) is 0 Å². The van der Waals surface area contributed by atoms with Gasteiger partial charge in [0.25, 0.3) is 16.0 Å². The number of nitrogens with one attached hydrogen (secondary N) is 1. The molecule has 0 saturated carbocycles. The van der Waals surface area contributed by atoms with Crippen LogP contribution in [0.15, 0.2) is 24.3 Å². The van der Waals surface area contributed by atoms with E-state index in [1.54, 1.807) is 6.92 Å². The van der Waals surface area contributed by atoms with Gasteiger partial charge in [0.1, 0.15) is 11.5 Å². The molecular weight excluding hydrogens is 424 g/mol. The van der Waals surface area contributed by atoms with Crippen molar-refractivity contribution in [2.45, 2.75) is 38.5 Å². The summed E-state index contributed by atoms with van der Waals surface area (Å²) in [6, 6.07) is 7.98. The molecule has 10 nitrogen and oxygen atoms in total. The van der Waals surface area contributed by atoms with Gasteiger partial charge in [-0.05, 0) is 44.2 Å². The molecule has 0 radical (unpaired) electrons. The normalized spacial score (nSPS) is 16.1. The van der Waals surface area contributed by atoms with Crippen molar-refractivity contribution >= 4 is 21.5 Å². The molecule has 1 aromatic carbocycles. The number of ether oxygens (including phenoxy) is 1. The Balaban J connectivity index is 1.73. The Morgan fingerprint density at radius 2 is 1.97 bits per heavy atom. The average Bonchev–Trinajstić information content (AvgIpc) is 2.91. The summed E-state index contributed by atoms with van der Waals surface area (Å²) < 4.78 is 32.2. The van der Waals surface area contributed by atoms with E-state index in [2.05, 4.69) is 19.5 Å². The van der Waals surface area contributed by atoms with Crippen LogP contribution in [0.5, 0.6) is 5.88 Å². The van der Waals surface area contributed by atoms with Crippen molar-refractivity contribution in [1.82, 2.24) is 9.97 Å². The molecule has 0 spiro atoms. The molecular formula is C20H26N4O6S. The van der Waals surface area contributed by atoms with Crippen molar-refractivity contribution in [2.75, 3.05) is 31.3 Å². The zero-order valence-corrected chi connectivity index (χ0v) is 18.4. The third-order valence-corrected chi connectivity index (χ3v) is 5.55. The Kier molecular flexibility index (Phi) is 7.39. The van der Waals surface area contributed by atoms with Crippen LogP contribution in [-0.2, 0) is 20.7 Å². The predicted octanol–water partition coefficient (Wildman–Crippen LogP) is 2.97. The first-order valence-corrected chi connectivity index (χ1v) is 11.9. The number of anilines is 1. The largest absolute Gasteiger partial charge is 0.473 e. The highest BCUT2D eigenvalue weighted by molar-refractivity contribution is 7.85. The average molecular weight is 451 g/mol. The molecule has 1 aliphatic rings. The zero-order valence-electron chi connectivity index (χ0n) is 17.5. The maximum atomic E-state index is 11.9. The van der Waals surface area contributed by atoms with Gasteiger partial charge in [-0.2, -0.15) is 13.4 Å². The summed E-state index contributed by atoms with van der Waals surface area (Å²) in [6.45, 7) is 2.39. The van der Waals surface area contributed by atoms with Gasteiger partial charge in [-0.25, -0.2) is 4.98 Å². The molecule has 0 bridgehead atoms. The Hall–Kier alpha value is -2.79. The quantitative estimate of drug-likeness (QED) is 0.265. The number of para-hydroxylation sites is 1. The first-order chi connectivity index (χ1) is 14.7. The number of aromatic nitrogens is 2. The van der Waals surface area contributed by atoms with E-state index in [0.29, 0.717) is 37.3 Å². The molecule has 11 heteroatoms. The topological polar surface area (TPSA) is 134 Å². The second kappa shape index (κ2) is 10.0. The highest BCUT2D eigenvalue weighted by atomic mass is 32.2. The van der Waals surface area contributed by atoms with Crippen LogP contribution in [0.3, 0.4) is 0 Å². The molecule has 168 valence electrons. The summed E-state index contributed by atoms with van der Waals surface area (Å²) >= 11 is 0. The number of nitrogens with zero attached hydrogens (tertiary/aromatic N) is 3. The molecule has 0 saturated heterocycles. The lowest BCUT2D eigenvalue weighted by molar-refractivity contribution is -0.387. The lowest BCUT2D eigenvalue weighted by Gasteiger charge is -2.16. The Bertz CT molecular complexity index is 1020. The molecule has 0 amide bonds. The lowest BCUT2D eigenvalue weighted by atomic mass is 9.96. The minimum Gasteiger partial charge on any atom is -0.473 e. The fourth-order valence-electron chi connectivity index (χ4n) is 3.51. The van der Waals surface area contributed by atoms with E-state index in [1.165, 1.54) is 5.56 Å². The number of hydrogen-bond donors (Lipinski definition) is 1. The van der Waals surface area contributed by atoms with Crippen molar-refractivity contribution in [3.8, 4) is 5.88 Å². The van der Waals surface area contributed by atoms with Crippen molar-refractivity contribution in [3.63, 3.8) is 0 Å². The molecule has 1 N–H and O–H groups in total. The molecule has 1 aromatic heterocycles. The van der Waals surface area contributed by atoms with Crippen molar-refractivity contribution in [3.05, 3.63) is 51.5 Å². The van der Waals surface area contributed by atoms with Gasteiger partial charge in [0.2, 0.25) is 0 Å². The van der Waals surface area contributed by atoms with Crippen molar-refractivity contribution in [2.24, 2.45) is 0 Å². The fraction of sp³-hybridized carbons (Fsp3) is 0.500. The van der Waals surface area contributed by atoms with E-state index in [1.807, 2.05) is 24.3 Å². The second-order valence-corrected chi connectivity index (χ2v) is 9.07. The minimum absolute atomic E-state index is 0.0344. The number of unbranched alkanes of at least 4 members (excludes halogenated alkanes) is 1. The second-order valence-electron chi connectivity index (χ2n) is 7.42. The predicted molar refractivity (Wildman–Crippen MR) is 115 cm³/mol. The number of nitro groups is 1. The maximum absolute atomic E-state index is 11.9. The smallest absolute Gasteiger partial charge is 0.352 e. The van der Waals surface area contributed by atoms with Crippen molar-refractivity contribution in [1.29, 1.82) is 0 Å². The number of benzene rings is 1. The maximum Gasteiger partial charge on any atom is 0.352 e. The number of aryl methyl sites for hydroxylation is 2. The van der Waals surface area contributed by atoms with Crippen LogP contribution in [0.1, 0.15) is 42.3 Å². The molecule has 2 aromatic rings. The third kappa shape index (κ3) is 6.34. The molecule has 3 rings (SSSR count). The molecule has 1 unspecified atom stereocenters. The fourth-order valence-corrected chi connectivity index (χ4v) is 3.93. The van der Waals surface area contributed by atoms with Crippen LogP contribution in [0.25, 0.3) is 0 Å². The molecule has 31 heavy (non-hydrogen) atoms. The Morgan fingerprint density at radius 1 is 1.23 bits per heavy atom. The summed E-state index contributed by atoms with van der Waals surface area (Å²) in [7, 11) is -3.48. The number of hydrogen-bond acceptors (Lipinski definition) is 9. The Labute approximate surface area is 181 Å². The van der Waals surface area contributed by atoms with E-state index in [4.69, 9.17) is 4.74 Å².